The molecule has 1 aliphatic heterocycles. The molecule has 154 valence electrons. The highest BCUT2D eigenvalue weighted by atomic mass is 32.2. The van der Waals surface area contributed by atoms with Crippen LogP contribution in [0, 0.1) is 5.92 Å². The quantitative estimate of drug-likeness (QED) is 0.795. The first-order chi connectivity index (χ1) is 13.1. The number of carbonyl (C=O) groups excluding carboxylic acids is 1. The van der Waals surface area contributed by atoms with E-state index >= 15 is 0 Å². The lowest BCUT2D eigenvalue weighted by atomic mass is 10.0. The number of nitrogens with one attached hydrogen (secondary N) is 1. The van der Waals surface area contributed by atoms with Gasteiger partial charge < -0.3 is 10.2 Å². The Balaban J connectivity index is 1.81. The average Bonchev–Trinajstić information content (AvgIpc) is 3.01. The minimum absolute atomic E-state index is 0.167. The van der Waals surface area contributed by atoms with Crippen molar-refractivity contribution in [1.29, 1.82) is 0 Å². The number of sulfonamides is 1. The van der Waals surface area contributed by atoms with E-state index < -0.39 is 10.0 Å². The number of piperidine rings is 1. The van der Waals surface area contributed by atoms with Gasteiger partial charge in [-0.1, -0.05) is 11.8 Å². The molecule has 1 atom stereocenters. The third-order valence-electron chi connectivity index (χ3n) is 4.48. The first-order valence-corrected chi connectivity index (χ1v) is 10.8. The van der Waals surface area contributed by atoms with E-state index in [0.29, 0.717) is 30.0 Å². The number of nitrogens with zero attached hydrogens (tertiary/aromatic N) is 4. The molecule has 2 aromatic rings. The van der Waals surface area contributed by atoms with Crippen LogP contribution in [0.25, 0.3) is 11.0 Å². The van der Waals surface area contributed by atoms with Crippen molar-refractivity contribution >= 4 is 27.0 Å². The second-order valence-electron chi connectivity index (χ2n) is 8.29. The van der Waals surface area contributed by atoms with E-state index in [9.17, 15) is 13.2 Å². The maximum atomic E-state index is 13.0. The summed E-state index contributed by atoms with van der Waals surface area (Å²) in [5.74, 6) is 0.0337. The first kappa shape index (κ1) is 20.5. The molecule has 1 aliphatic rings. The molecule has 0 radical (unpaired) electrons. The van der Waals surface area contributed by atoms with Crippen molar-refractivity contribution in [1.82, 2.24) is 24.8 Å². The highest BCUT2D eigenvalue weighted by molar-refractivity contribution is 7.89. The van der Waals surface area contributed by atoms with Crippen LogP contribution in [-0.2, 0) is 14.8 Å². The second-order valence-corrected chi connectivity index (χ2v) is 10.2. The molecule has 3 rings (SSSR count). The lowest BCUT2D eigenvalue weighted by molar-refractivity contribution is -0.127. The summed E-state index contributed by atoms with van der Waals surface area (Å²) in [5.41, 5.74) is 0.509. The fourth-order valence-electron chi connectivity index (χ4n) is 3.22. The third-order valence-corrected chi connectivity index (χ3v) is 6.34. The number of benzene rings is 1. The number of aromatic nitrogens is 3. The van der Waals surface area contributed by atoms with E-state index in [4.69, 9.17) is 4.84 Å². The Morgan fingerprint density at radius 3 is 2.79 bits per heavy atom. The standard InChI is InChI=1S/C18H27N5O4S/c1-13-6-5-9-22(11-13)28(25,26)14-7-8-15-16(10-14)23(21-20-15)27-12-17(24)19-18(2,3)4/h7-8,10,13H,5-6,9,11-12H2,1-4H3,(H,19,24)/t13-/m1/s1. The summed E-state index contributed by atoms with van der Waals surface area (Å²) in [6.45, 7) is 8.45. The van der Waals surface area contributed by atoms with Gasteiger partial charge in [-0.05, 0) is 62.9 Å². The molecule has 1 saturated heterocycles. The number of hydrogen-bond donors (Lipinski definition) is 1. The topological polar surface area (TPSA) is 106 Å². The summed E-state index contributed by atoms with van der Waals surface area (Å²) >= 11 is 0. The second kappa shape index (κ2) is 7.67. The largest absolute Gasteiger partial charge is 0.385 e. The Hall–Kier alpha value is -2.20. The van der Waals surface area contributed by atoms with Crippen LogP contribution in [0.4, 0.5) is 0 Å². The minimum atomic E-state index is -3.61. The minimum Gasteiger partial charge on any atom is -0.385 e. The van der Waals surface area contributed by atoms with Crippen LogP contribution in [0.5, 0.6) is 0 Å². The molecule has 28 heavy (non-hydrogen) atoms. The zero-order valence-corrected chi connectivity index (χ0v) is 17.5. The van der Waals surface area contributed by atoms with E-state index in [2.05, 4.69) is 22.6 Å². The molecule has 0 aliphatic carbocycles. The molecule has 1 aromatic carbocycles. The summed E-state index contributed by atoms with van der Waals surface area (Å²) in [7, 11) is -3.61. The molecule has 9 nitrogen and oxygen atoms in total. The van der Waals surface area contributed by atoms with Gasteiger partial charge in [0, 0.05) is 18.6 Å². The number of hydrogen-bond acceptors (Lipinski definition) is 6. The summed E-state index contributed by atoms with van der Waals surface area (Å²) in [6, 6.07) is 4.62. The number of fused-ring (bicyclic) bond motifs is 1. The van der Waals surface area contributed by atoms with E-state index in [-0.39, 0.29) is 22.9 Å². The average molecular weight is 410 g/mol. The molecule has 0 spiro atoms. The summed E-state index contributed by atoms with van der Waals surface area (Å²) in [6.07, 6.45) is 1.89. The monoisotopic (exact) mass is 409 g/mol. The lowest BCUT2D eigenvalue weighted by Crippen LogP contribution is -2.44. The van der Waals surface area contributed by atoms with Crippen LogP contribution in [0.3, 0.4) is 0 Å². The maximum Gasteiger partial charge on any atom is 0.261 e. The van der Waals surface area contributed by atoms with Gasteiger partial charge in [0.05, 0.1) is 4.90 Å². The summed E-state index contributed by atoms with van der Waals surface area (Å²) in [4.78, 5) is 18.6. The van der Waals surface area contributed by atoms with Crippen LogP contribution >= 0.6 is 0 Å². The van der Waals surface area contributed by atoms with Crippen molar-refractivity contribution in [2.24, 2.45) is 5.92 Å². The Kier molecular flexibility index (Phi) is 5.62. The normalized spacial score (nSPS) is 18.9. The number of carbonyl (C=O) groups is 1. The Morgan fingerprint density at radius 1 is 1.36 bits per heavy atom. The third kappa shape index (κ3) is 4.61. The Labute approximate surface area is 165 Å². The smallest absolute Gasteiger partial charge is 0.261 e. The SMILES string of the molecule is C[C@@H]1CCCN(S(=O)(=O)c2ccc3nnn(OCC(=O)NC(C)(C)C)c3c2)C1. The zero-order chi connectivity index (χ0) is 20.5. The van der Waals surface area contributed by atoms with Gasteiger partial charge in [-0.25, -0.2) is 8.42 Å². The van der Waals surface area contributed by atoms with E-state index in [1.165, 1.54) is 16.4 Å². The van der Waals surface area contributed by atoms with Gasteiger partial charge in [0.2, 0.25) is 10.0 Å². The Bertz CT molecular complexity index is 964. The first-order valence-electron chi connectivity index (χ1n) is 9.36. The summed E-state index contributed by atoms with van der Waals surface area (Å²) in [5, 5.41) is 10.6. The van der Waals surface area contributed by atoms with Crippen molar-refractivity contribution in [3.63, 3.8) is 0 Å². The van der Waals surface area contributed by atoms with E-state index in [1.807, 2.05) is 20.8 Å². The molecule has 0 bridgehead atoms. The van der Waals surface area contributed by atoms with Crippen molar-refractivity contribution < 1.29 is 18.0 Å². The fraction of sp³-hybridized carbons (Fsp3) is 0.611. The summed E-state index contributed by atoms with van der Waals surface area (Å²) < 4.78 is 27.5. The molecule has 0 saturated carbocycles. The molecule has 2 heterocycles. The number of amides is 1. The van der Waals surface area contributed by atoms with Gasteiger partial charge in [-0.15, -0.1) is 5.10 Å². The van der Waals surface area contributed by atoms with Gasteiger partial charge in [-0.3, -0.25) is 4.79 Å². The van der Waals surface area contributed by atoms with Crippen molar-refractivity contribution in [2.45, 2.75) is 51.0 Å². The van der Waals surface area contributed by atoms with Gasteiger partial charge in [0.25, 0.3) is 5.91 Å². The van der Waals surface area contributed by atoms with Gasteiger partial charge in [-0.2, -0.15) is 4.31 Å². The van der Waals surface area contributed by atoms with Crippen molar-refractivity contribution in [3.05, 3.63) is 18.2 Å². The van der Waals surface area contributed by atoms with Crippen LogP contribution < -0.4 is 10.2 Å². The molecule has 1 fully saturated rings. The fourth-order valence-corrected chi connectivity index (χ4v) is 4.84. The van der Waals surface area contributed by atoms with Crippen molar-refractivity contribution in [3.8, 4) is 0 Å². The molecule has 10 heteroatoms. The van der Waals surface area contributed by atoms with E-state index in [1.54, 1.807) is 6.07 Å². The van der Waals surface area contributed by atoms with Crippen molar-refractivity contribution in [2.75, 3.05) is 19.7 Å². The molecule has 1 N–H and O–H groups in total. The van der Waals surface area contributed by atoms with Crippen LogP contribution in [-0.4, -0.2) is 59.0 Å². The van der Waals surface area contributed by atoms with Gasteiger partial charge >= 0.3 is 0 Å². The molecule has 1 aromatic heterocycles. The Morgan fingerprint density at radius 2 is 2.11 bits per heavy atom. The van der Waals surface area contributed by atoms with Crippen LogP contribution in [0.2, 0.25) is 0 Å². The molecule has 1 amide bonds. The van der Waals surface area contributed by atoms with Gasteiger partial charge in [0.1, 0.15) is 11.0 Å². The van der Waals surface area contributed by atoms with E-state index in [0.717, 1.165) is 17.7 Å². The van der Waals surface area contributed by atoms with Crippen LogP contribution in [0.15, 0.2) is 23.1 Å². The molecular formula is C18H27N5O4S. The highest BCUT2D eigenvalue weighted by Gasteiger charge is 2.29. The molecular weight excluding hydrogens is 382 g/mol. The zero-order valence-electron chi connectivity index (χ0n) is 16.7. The predicted octanol–water partition coefficient (Wildman–Crippen LogP) is 1.20. The highest BCUT2D eigenvalue weighted by Crippen LogP contribution is 2.25. The molecule has 0 unspecified atom stereocenters. The lowest BCUT2D eigenvalue weighted by Gasteiger charge is -2.30. The van der Waals surface area contributed by atoms with Gasteiger partial charge in [0.15, 0.2) is 6.61 Å². The number of rotatable bonds is 5. The maximum absolute atomic E-state index is 13.0. The predicted molar refractivity (Wildman–Crippen MR) is 104 cm³/mol. The van der Waals surface area contributed by atoms with Crippen LogP contribution in [0.1, 0.15) is 40.5 Å².